The second kappa shape index (κ2) is 3.19. The van der Waals surface area contributed by atoms with Crippen molar-refractivity contribution in [3.05, 3.63) is 11.8 Å². The van der Waals surface area contributed by atoms with Crippen molar-refractivity contribution in [2.75, 3.05) is 0 Å². The average molecular weight is 192 g/mol. The van der Waals surface area contributed by atoms with Crippen LogP contribution in [0.5, 0.6) is 5.88 Å². The minimum atomic E-state index is -4.53. The van der Waals surface area contributed by atoms with E-state index in [0.29, 0.717) is 6.07 Å². The summed E-state index contributed by atoms with van der Waals surface area (Å²) in [4.78, 5) is 0. The molecule has 13 heavy (non-hydrogen) atoms. The van der Waals surface area contributed by atoms with Crippen molar-refractivity contribution in [1.82, 2.24) is 9.78 Å². The Kier molecular flexibility index (Phi) is 2.39. The first-order valence-electron chi connectivity index (χ1n) is 3.16. The molecule has 1 heterocycles. The van der Waals surface area contributed by atoms with Crippen LogP contribution in [0.4, 0.5) is 13.2 Å². The number of hydrogen-bond donors (Lipinski definition) is 0. The number of rotatable bonds is 2. The molecule has 0 aliphatic rings. The Balaban J connectivity index is 3.01. The molecule has 0 saturated carbocycles. The summed E-state index contributed by atoms with van der Waals surface area (Å²) in [6, 6.07) is 0.647. The van der Waals surface area contributed by atoms with Gasteiger partial charge in [-0.2, -0.15) is 0 Å². The Hall–Kier alpha value is -1.34. The van der Waals surface area contributed by atoms with Crippen LogP contribution < -0.4 is 4.65 Å². The molecule has 0 fully saturated rings. The number of halogens is 3. The van der Waals surface area contributed by atoms with E-state index < -0.39 is 11.9 Å². The molecule has 0 radical (unpaired) electrons. The molecular weight excluding hydrogens is 188 g/mol. The van der Waals surface area contributed by atoms with Gasteiger partial charge in [0.15, 0.2) is 0 Å². The van der Waals surface area contributed by atoms with Crippen molar-refractivity contribution in [1.29, 1.82) is 0 Å². The summed E-state index contributed by atoms with van der Waals surface area (Å²) >= 11 is 0. The summed E-state index contributed by atoms with van der Waals surface area (Å²) in [5.74, 6) is -0.248. The monoisotopic (exact) mass is 192 g/mol. The van der Waals surface area contributed by atoms with E-state index in [0.717, 1.165) is 4.68 Å². The zero-order valence-corrected chi connectivity index (χ0v) is 6.50. The molecule has 0 aliphatic carbocycles. The van der Waals surface area contributed by atoms with Gasteiger partial charge in [0.2, 0.25) is 0 Å². The Bertz CT molecular complexity index is 322. The van der Waals surface area contributed by atoms with Crippen molar-refractivity contribution >= 4 is 7.35 Å². The fourth-order valence-electron chi connectivity index (χ4n) is 0.748. The first-order chi connectivity index (χ1) is 5.95. The van der Waals surface area contributed by atoms with Crippen molar-refractivity contribution < 1.29 is 22.5 Å². The van der Waals surface area contributed by atoms with Crippen molar-refractivity contribution in [2.45, 2.75) is 6.18 Å². The van der Waals surface area contributed by atoms with Crippen LogP contribution in [0.25, 0.3) is 0 Å². The molecule has 1 aromatic heterocycles. The molecule has 0 atom stereocenters. The van der Waals surface area contributed by atoms with E-state index >= 15 is 0 Å². The average Bonchev–Trinajstić information content (AvgIpc) is 2.32. The van der Waals surface area contributed by atoms with E-state index in [9.17, 15) is 17.9 Å². The molecule has 0 aromatic carbocycles. The third-order valence-electron chi connectivity index (χ3n) is 1.30. The Morgan fingerprint density at radius 2 is 2.23 bits per heavy atom. The Labute approximate surface area is 71.6 Å². The molecule has 0 N–H and O–H groups in total. The van der Waals surface area contributed by atoms with Crippen LogP contribution in [0.1, 0.15) is 5.69 Å². The van der Waals surface area contributed by atoms with E-state index in [4.69, 9.17) is 0 Å². The second-order valence-electron chi connectivity index (χ2n) is 2.20. The van der Waals surface area contributed by atoms with Crippen LogP contribution in [0.3, 0.4) is 0 Å². The van der Waals surface area contributed by atoms with Gasteiger partial charge >= 0.3 is 70.5 Å². The fraction of sp³-hybridized carbons (Fsp3) is 0.400. The quantitative estimate of drug-likeness (QED) is 0.650. The molecule has 0 bridgehead atoms. The van der Waals surface area contributed by atoms with Gasteiger partial charge in [-0.3, -0.25) is 0 Å². The van der Waals surface area contributed by atoms with Crippen molar-refractivity contribution in [2.24, 2.45) is 7.05 Å². The number of nitrogens with zero attached hydrogens (tertiary/aromatic N) is 2. The first-order valence-corrected chi connectivity index (χ1v) is 3.16. The van der Waals surface area contributed by atoms with E-state index in [-0.39, 0.29) is 13.2 Å². The molecule has 8 heteroatoms. The minimum absolute atomic E-state index is 0.0389. The summed E-state index contributed by atoms with van der Waals surface area (Å²) < 4.78 is 50.9. The Morgan fingerprint density at radius 3 is 2.62 bits per heavy atom. The van der Waals surface area contributed by atoms with Gasteiger partial charge in [0.25, 0.3) is 0 Å². The molecule has 0 saturated heterocycles. The molecule has 0 unspecified atom stereocenters. The number of alkyl halides is 3. The van der Waals surface area contributed by atoms with Gasteiger partial charge in [-0.15, -0.1) is 0 Å². The summed E-state index contributed by atoms with van der Waals surface area (Å²) in [6.07, 6.45) is -4.53. The molecule has 4 nitrogen and oxygen atoms in total. The topological polar surface area (TPSA) is 44.1 Å². The molecule has 0 spiro atoms. The maximum absolute atomic E-state index is 12.0. The zero-order valence-electron chi connectivity index (χ0n) is 6.50. The second-order valence-corrected chi connectivity index (χ2v) is 2.20. The van der Waals surface area contributed by atoms with Gasteiger partial charge in [-0.25, -0.2) is 0 Å². The van der Waals surface area contributed by atoms with Gasteiger partial charge in [0, 0.05) is 0 Å². The number of aryl methyl sites for hydroxylation is 1. The molecule has 0 amide bonds. The predicted molar refractivity (Wildman–Crippen MR) is 35.3 cm³/mol. The van der Waals surface area contributed by atoms with E-state index in [1.54, 1.807) is 0 Å². The van der Waals surface area contributed by atoms with Gasteiger partial charge in [-0.05, 0) is 0 Å². The van der Waals surface area contributed by atoms with Crippen LogP contribution in [0.2, 0.25) is 0 Å². The van der Waals surface area contributed by atoms with Crippen LogP contribution in [0.15, 0.2) is 6.07 Å². The van der Waals surface area contributed by atoms with E-state index in [2.05, 4.69) is 9.75 Å². The molecule has 1 rings (SSSR count). The normalized spacial score (nSPS) is 11.1. The summed E-state index contributed by atoms with van der Waals surface area (Å²) in [7, 11) is 1.28. The predicted octanol–water partition coefficient (Wildman–Crippen LogP) is 0.782. The first kappa shape index (κ1) is 9.75. The van der Waals surface area contributed by atoms with Crippen LogP contribution >= 0.6 is 0 Å². The summed E-state index contributed by atoms with van der Waals surface area (Å²) in [5.41, 5.74) is -1.09. The van der Waals surface area contributed by atoms with Crippen LogP contribution in [-0.4, -0.2) is 17.1 Å². The number of hydrogen-bond acceptors (Lipinski definition) is 3. The third kappa shape index (κ3) is 2.07. The summed E-state index contributed by atoms with van der Waals surface area (Å²) in [6.45, 7) is 0. The summed E-state index contributed by atoms with van der Waals surface area (Å²) in [5, 5.41) is 3.11. The van der Waals surface area contributed by atoms with Crippen molar-refractivity contribution in [3.63, 3.8) is 0 Å². The van der Waals surface area contributed by atoms with Gasteiger partial charge < -0.3 is 0 Å². The van der Waals surface area contributed by atoms with Crippen LogP contribution in [0, 0.1) is 0 Å². The van der Waals surface area contributed by atoms with Crippen LogP contribution in [-0.2, 0) is 17.9 Å². The van der Waals surface area contributed by atoms with Gasteiger partial charge in [0.1, 0.15) is 0 Å². The third-order valence-corrected chi connectivity index (χ3v) is 1.30. The standard InChI is InChI=1S/C5H4BF3N2O2/c1-11-4(13-6-12)2-3(10-11)5(7,8)9/h2H,1H3. The van der Waals surface area contributed by atoms with E-state index in [1.165, 1.54) is 7.05 Å². The zero-order chi connectivity index (χ0) is 10.1. The van der Waals surface area contributed by atoms with Gasteiger partial charge in [0.05, 0.1) is 0 Å². The molecule has 1 aromatic rings. The molecular formula is C5H4BF3N2O2. The van der Waals surface area contributed by atoms with E-state index in [1.807, 2.05) is 0 Å². The fourth-order valence-corrected chi connectivity index (χ4v) is 0.748. The van der Waals surface area contributed by atoms with Gasteiger partial charge in [-0.1, -0.05) is 0 Å². The maximum atomic E-state index is 12.0. The Morgan fingerprint density at radius 1 is 1.62 bits per heavy atom. The SMILES string of the molecule is Cn1nc(C(F)(F)F)cc1OB=O. The molecule has 70 valence electrons. The number of aromatic nitrogens is 2. The van der Waals surface area contributed by atoms with Crippen molar-refractivity contribution in [3.8, 4) is 5.88 Å². The molecule has 0 aliphatic heterocycles.